The molecular formula is C95H59N7. The predicted octanol–water partition coefficient (Wildman–Crippen LogP) is 24.4. The highest BCUT2D eigenvalue weighted by Gasteiger charge is 2.21. The first-order chi connectivity index (χ1) is 50.5. The zero-order valence-corrected chi connectivity index (χ0v) is 55.2. The van der Waals surface area contributed by atoms with Gasteiger partial charge in [-0.2, -0.15) is 5.26 Å². The Bertz CT molecular complexity index is 6780. The van der Waals surface area contributed by atoms with Crippen LogP contribution in [0.15, 0.2) is 358 Å². The molecule has 0 aliphatic rings. The normalized spacial score (nSPS) is 11.7. The van der Waals surface area contributed by atoms with Crippen LogP contribution in [-0.2, 0) is 0 Å². The zero-order chi connectivity index (χ0) is 67.4. The van der Waals surface area contributed by atoms with Crippen molar-refractivity contribution in [1.82, 2.24) is 28.2 Å². The van der Waals surface area contributed by atoms with Gasteiger partial charge < -0.3 is 18.3 Å². The number of hydrogen-bond acceptors (Lipinski definition) is 3. The lowest BCUT2D eigenvalue weighted by molar-refractivity contribution is 1.16. The molecule has 0 spiro atoms. The molecule has 474 valence electrons. The first kappa shape index (κ1) is 58.2. The van der Waals surface area contributed by atoms with Crippen LogP contribution in [0.25, 0.3) is 188 Å². The number of para-hydroxylation sites is 6. The standard InChI is InChI=1S/C95H59N7/c96-60-61-33-35-62(36-34-61)63-37-39-65(40-38-63)95-97-85(59-86(98-95)72-19-16-24-76(54-72)102-90-32-14-10-28-80(90)84-58-70(46-52-94(84)102)68-44-50-92-82(56-68)78-26-8-12-30-88(78)100(92)74-22-5-2-6-23-74)71-18-15-17-66(53-71)64-41-47-75(48-42-64)101-89-31-13-9-27-79(89)83-57-69(45-51-93(83)101)67-43-49-91-81(55-67)77-25-7-11-29-87(77)99(91)73-20-3-1-4-21-73/h1-59H. The second kappa shape index (κ2) is 23.7. The van der Waals surface area contributed by atoms with Crippen molar-refractivity contribution in [3.63, 3.8) is 0 Å². The van der Waals surface area contributed by atoms with Gasteiger partial charge in [0.05, 0.1) is 67.2 Å². The quantitative estimate of drug-likeness (QED) is 0.130. The van der Waals surface area contributed by atoms with E-state index < -0.39 is 0 Å². The van der Waals surface area contributed by atoms with Gasteiger partial charge in [0.25, 0.3) is 0 Å². The third-order valence-corrected chi connectivity index (χ3v) is 20.6. The fourth-order valence-electron chi connectivity index (χ4n) is 15.8. The molecule has 5 heterocycles. The van der Waals surface area contributed by atoms with Crippen molar-refractivity contribution in [3.8, 4) is 107 Å². The Labute approximate surface area is 587 Å². The first-order valence-corrected chi connectivity index (χ1v) is 34.6. The molecule has 0 bridgehead atoms. The SMILES string of the molecule is N#Cc1ccc(-c2ccc(-c3nc(-c4cccc(-c5ccc(-n6c7ccccc7c7cc(-c8ccc9c(c8)c8ccccc8n9-c8ccccc8)ccc76)cc5)c4)cc(-c4cccc(-n5c6ccccc6c6cc(-c7ccc8c(c7)c7ccccc7n8-c7ccccc7)ccc65)c4)n3)cc2)cc1. The van der Waals surface area contributed by atoms with E-state index in [1.165, 1.54) is 81.8 Å². The summed E-state index contributed by atoms with van der Waals surface area (Å²) in [5.41, 5.74) is 27.8. The highest BCUT2D eigenvalue weighted by Crippen LogP contribution is 2.43. The smallest absolute Gasteiger partial charge is 0.160 e. The molecule has 0 aliphatic carbocycles. The number of fused-ring (bicyclic) bond motifs is 12. The number of rotatable bonds is 11. The molecule has 20 aromatic rings. The fourth-order valence-corrected chi connectivity index (χ4v) is 15.8. The molecule has 0 saturated heterocycles. The van der Waals surface area contributed by atoms with Crippen LogP contribution in [0.5, 0.6) is 0 Å². The Balaban J connectivity index is 0.652. The van der Waals surface area contributed by atoms with Gasteiger partial charge in [-0.25, -0.2) is 9.97 Å². The summed E-state index contributed by atoms with van der Waals surface area (Å²) < 4.78 is 9.53. The van der Waals surface area contributed by atoms with Gasteiger partial charge in [0, 0.05) is 82.5 Å². The highest BCUT2D eigenvalue weighted by atomic mass is 15.0. The lowest BCUT2D eigenvalue weighted by atomic mass is 9.99. The number of aromatic nitrogens is 6. The summed E-state index contributed by atoms with van der Waals surface area (Å²) in [6, 6.07) is 131. The van der Waals surface area contributed by atoms with Crippen molar-refractivity contribution in [2.75, 3.05) is 0 Å². The molecule has 0 aliphatic heterocycles. The van der Waals surface area contributed by atoms with E-state index in [4.69, 9.17) is 9.97 Å². The van der Waals surface area contributed by atoms with E-state index >= 15 is 0 Å². The lowest BCUT2D eigenvalue weighted by Crippen LogP contribution is -1.98. The third-order valence-electron chi connectivity index (χ3n) is 20.6. The molecule has 0 atom stereocenters. The van der Waals surface area contributed by atoms with E-state index in [1.54, 1.807) is 0 Å². The molecule has 0 radical (unpaired) electrons. The third kappa shape index (κ3) is 9.65. The van der Waals surface area contributed by atoms with Crippen LogP contribution in [0.4, 0.5) is 0 Å². The first-order valence-electron chi connectivity index (χ1n) is 34.6. The van der Waals surface area contributed by atoms with Gasteiger partial charge in [0.2, 0.25) is 0 Å². The van der Waals surface area contributed by atoms with Gasteiger partial charge >= 0.3 is 0 Å². The van der Waals surface area contributed by atoms with Crippen molar-refractivity contribution in [2.24, 2.45) is 0 Å². The Morgan fingerprint density at radius 2 is 0.490 bits per heavy atom. The van der Waals surface area contributed by atoms with Crippen molar-refractivity contribution in [3.05, 3.63) is 363 Å². The van der Waals surface area contributed by atoms with Crippen LogP contribution in [0.1, 0.15) is 5.56 Å². The molecule has 5 aromatic heterocycles. The van der Waals surface area contributed by atoms with Gasteiger partial charge in [-0.15, -0.1) is 0 Å². The van der Waals surface area contributed by atoms with E-state index in [1.807, 2.05) is 24.3 Å². The zero-order valence-electron chi connectivity index (χ0n) is 55.2. The van der Waals surface area contributed by atoms with Crippen molar-refractivity contribution < 1.29 is 0 Å². The van der Waals surface area contributed by atoms with E-state index in [0.29, 0.717) is 11.4 Å². The van der Waals surface area contributed by atoms with E-state index in [-0.39, 0.29) is 0 Å². The fraction of sp³-hybridized carbons (Fsp3) is 0. The molecule has 7 heteroatoms. The van der Waals surface area contributed by atoms with Gasteiger partial charge in [-0.05, 0) is 190 Å². The van der Waals surface area contributed by atoms with Crippen LogP contribution < -0.4 is 0 Å². The minimum absolute atomic E-state index is 0.618. The Morgan fingerprint density at radius 3 is 0.922 bits per heavy atom. The van der Waals surface area contributed by atoms with Crippen LogP contribution >= 0.6 is 0 Å². The summed E-state index contributed by atoms with van der Waals surface area (Å²) in [6.45, 7) is 0. The largest absolute Gasteiger partial charge is 0.309 e. The van der Waals surface area contributed by atoms with Crippen LogP contribution in [0, 0.1) is 11.3 Å². The molecule has 0 fully saturated rings. The number of nitrogens with zero attached hydrogens (tertiary/aromatic N) is 7. The average Bonchev–Trinajstić information content (AvgIpc) is 1.59. The number of benzene rings is 15. The minimum Gasteiger partial charge on any atom is -0.309 e. The van der Waals surface area contributed by atoms with Gasteiger partial charge in [0.1, 0.15) is 0 Å². The molecule has 0 saturated carbocycles. The van der Waals surface area contributed by atoms with Crippen LogP contribution in [-0.4, -0.2) is 28.2 Å². The van der Waals surface area contributed by atoms with Crippen molar-refractivity contribution >= 4 is 87.2 Å². The Kier molecular flexibility index (Phi) is 13.5. The maximum atomic E-state index is 9.53. The molecule has 102 heavy (non-hydrogen) atoms. The molecule has 0 unspecified atom stereocenters. The summed E-state index contributed by atoms with van der Waals surface area (Å²) in [5, 5.41) is 19.2. The lowest BCUT2D eigenvalue weighted by Gasteiger charge is -2.13. The molecule has 15 aromatic carbocycles. The topological polar surface area (TPSA) is 69.3 Å². The molecule has 20 rings (SSSR count). The Morgan fingerprint density at radius 1 is 0.196 bits per heavy atom. The van der Waals surface area contributed by atoms with Crippen LogP contribution in [0.2, 0.25) is 0 Å². The number of nitriles is 1. The maximum absolute atomic E-state index is 9.53. The van der Waals surface area contributed by atoms with E-state index in [0.717, 1.165) is 101 Å². The molecule has 0 N–H and O–H groups in total. The van der Waals surface area contributed by atoms with Crippen LogP contribution in [0.3, 0.4) is 0 Å². The summed E-state index contributed by atoms with van der Waals surface area (Å²) in [6.07, 6.45) is 0. The molecule has 0 amide bonds. The maximum Gasteiger partial charge on any atom is 0.160 e. The van der Waals surface area contributed by atoms with Crippen molar-refractivity contribution in [2.45, 2.75) is 0 Å². The van der Waals surface area contributed by atoms with Crippen molar-refractivity contribution in [1.29, 1.82) is 5.26 Å². The summed E-state index contributed by atoms with van der Waals surface area (Å²) >= 11 is 0. The van der Waals surface area contributed by atoms with E-state index in [9.17, 15) is 5.26 Å². The van der Waals surface area contributed by atoms with Gasteiger partial charge in [-0.3, -0.25) is 0 Å². The minimum atomic E-state index is 0.618. The monoisotopic (exact) mass is 1300 g/mol. The van der Waals surface area contributed by atoms with Gasteiger partial charge in [0.15, 0.2) is 5.82 Å². The second-order valence-corrected chi connectivity index (χ2v) is 26.4. The Hall–Kier alpha value is -13.9. The second-order valence-electron chi connectivity index (χ2n) is 26.4. The number of hydrogen-bond donors (Lipinski definition) is 0. The van der Waals surface area contributed by atoms with E-state index in [2.05, 4.69) is 358 Å². The highest BCUT2D eigenvalue weighted by molar-refractivity contribution is 6.15. The predicted molar refractivity (Wildman–Crippen MR) is 422 cm³/mol. The summed E-state index contributed by atoms with van der Waals surface area (Å²) in [5.74, 6) is 0.618. The summed E-state index contributed by atoms with van der Waals surface area (Å²) in [4.78, 5) is 10.8. The summed E-state index contributed by atoms with van der Waals surface area (Å²) in [7, 11) is 0. The van der Waals surface area contributed by atoms with Gasteiger partial charge in [-0.1, -0.05) is 212 Å². The molecule has 7 nitrogen and oxygen atoms in total. The average molecular weight is 1300 g/mol. The molecular weight excluding hydrogens is 1240 g/mol.